The Balaban J connectivity index is 1.38. The van der Waals surface area contributed by atoms with Crippen LogP contribution in [0.4, 0.5) is 5.82 Å². The van der Waals surface area contributed by atoms with Crippen LogP contribution in [0.1, 0.15) is 52.4 Å². The molecular formula is C24H32N4O2. The number of hydrogen-bond acceptors (Lipinski definition) is 4. The van der Waals surface area contributed by atoms with Gasteiger partial charge >= 0.3 is 0 Å². The quantitative estimate of drug-likeness (QED) is 0.810. The van der Waals surface area contributed by atoms with Gasteiger partial charge in [0.05, 0.1) is 6.20 Å². The Morgan fingerprint density at radius 2 is 1.97 bits per heavy atom. The third-order valence-electron chi connectivity index (χ3n) is 9.26. The highest BCUT2D eigenvalue weighted by atomic mass is 16.2. The highest BCUT2D eigenvalue weighted by Crippen LogP contribution is 2.65. The van der Waals surface area contributed by atoms with Gasteiger partial charge in [-0.05, 0) is 67.8 Å². The van der Waals surface area contributed by atoms with Crippen molar-refractivity contribution in [2.45, 2.75) is 58.4 Å². The summed E-state index contributed by atoms with van der Waals surface area (Å²) >= 11 is 0. The Hall–Kier alpha value is -2.24. The Labute approximate surface area is 178 Å². The van der Waals surface area contributed by atoms with Crippen molar-refractivity contribution < 1.29 is 9.59 Å². The number of rotatable bonds is 2. The topological polar surface area (TPSA) is 75.2 Å². The van der Waals surface area contributed by atoms with E-state index < -0.39 is 0 Å². The standard InChI is InChI=1S/C24H32N4O2/c1-23-10-8-17-15(4-7-19-24(17,2)11-9-21(29)28(19)3)16(23)5-6-18(23)22(30)27-20-14-25-12-13-26-20/h9,11-19H,4-8,10H2,1-3H3,(H,26,27,30)/t15-,16-,17-,18+,19+,23-,24+/m0/s1. The fourth-order valence-electron chi connectivity index (χ4n) is 7.75. The van der Waals surface area contributed by atoms with Crippen molar-refractivity contribution in [2.24, 2.45) is 34.5 Å². The van der Waals surface area contributed by atoms with Crippen LogP contribution >= 0.6 is 0 Å². The monoisotopic (exact) mass is 408 g/mol. The molecule has 0 radical (unpaired) electrons. The first-order chi connectivity index (χ1) is 14.3. The Morgan fingerprint density at radius 3 is 2.73 bits per heavy atom. The molecule has 0 bridgehead atoms. The zero-order valence-electron chi connectivity index (χ0n) is 18.2. The van der Waals surface area contributed by atoms with Gasteiger partial charge in [-0.25, -0.2) is 4.98 Å². The van der Waals surface area contributed by atoms with Crippen LogP contribution in [0.3, 0.4) is 0 Å². The minimum Gasteiger partial charge on any atom is -0.338 e. The summed E-state index contributed by atoms with van der Waals surface area (Å²) in [5.74, 6) is 2.59. The largest absolute Gasteiger partial charge is 0.338 e. The highest BCUT2D eigenvalue weighted by Gasteiger charge is 2.61. The van der Waals surface area contributed by atoms with Gasteiger partial charge in [-0.2, -0.15) is 0 Å². The minimum absolute atomic E-state index is 0.0298. The maximum absolute atomic E-state index is 13.2. The molecule has 0 aromatic carbocycles. The molecule has 160 valence electrons. The fourth-order valence-corrected chi connectivity index (χ4v) is 7.75. The predicted octanol–water partition coefficient (Wildman–Crippen LogP) is 3.67. The zero-order valence-corrected chi connectivity index (χ0v) is 18.2. The van der Waals surface area contributed by atoms with E-state index in [2.05, 4.69) is 35.2 Å². The van der Waals surface area contributed by atoms with E-state index in [4.69, 9.17) is 0 Å². The van der Waals surface area contributed by atoms with Crippen LogP contribution in [0.5, 0.6) is 0 Å². The maximum atomic E-state index is 13.2. The fraction of sp³-hybridized carbons (Fsp3) is 0.667. The van der Waals surface area contributed by atoms with E-state index in [0.29, 0.717) is 29.6 Å². The molecule has 1 aromatic heterocycles. The van der Waals surface area contributed by atoms with E-state index in [0.717, 1.165) is 38.5 Å². The Kier molecular flexibility index (Phi) is 4.53. The molecule has 3 saturated carbocycles. The van der Waals surface area contributed by atoms with Crippen LogP contribution < -0.4 is 5.32 Å². The second kappa shape index (κ2) is 6.89. The molecule has 1 aliphatic heterocycles. The van der Waals surface area contributed by atoms with Gasteiger partial charge in [-0.3, -0.25) is 14.6 Å². The van der Waals surface area contributed by atoms with Crippen molar-refractivity contribution in [2.75, 3.05) is 12.4 Å². The van der Waals surface area contributed by atoms with E-state index in [-0.39, 0.29) is 28.6 Å². The molecule has 30 heavy (non-hydrogen) atoms. The lowest BCUT2D eigenvalue weighted by atomic mass is 9.47. The average Bonchev–Trinajstić information content (AvgIpc) is 3.09. The van der Waals surface area contributed by atoms with Gasteiger partial charge in [0.15, 0.2) is 5.82 Å². The summed E-state index contributed by atoms with van der Waals surface area (Å²) in [4.78, 5) is 35.7. The van der Waals surface area contributed by atoms with Crippen LogP contribution in [-0.4, -0.2) is 39.8 Å². The van der Waals surface area contributed by atoms with Gasteiger partial charge in [0, 0.05) is 36.8 Å². The van der Waals surface area contributed by atoms with Gasteiger partial charge in [0.2, 0.25) is 11.8 Å². The van der Waals surface area contributed by atoms with Crippen molar-refractivity contribution in [3.8, 4) is 0 Å². The molecule has 0 spiro atoms. The molecule has 2 amide bonds. The molecule has 5 rings (SSSR count). The number of carbonyl (C=O) groups is 2. The third-order valence-corrected chi connectivity index (χ3v) is 9.26. The SMILES string of the molecule is CN1C(=O)C=C[C@]2(C)[C@H]3CC[C@]4(C)[C@@H](C(=O)Nc5cnccn5)CC[C@H]4[C@@H]3CC[C@@H]12. The normalized spacial score (nSPS) is 42.3. The van der Waals surface area contributed by atoms with Crippen molar-refractivity contribution in [3.63, 3.8) is 0 Å². The molecule has 6 heteroatoms. The summed E-state index contributed by atoms with van der Waals surface area (Å²) in [6.45, 7) is 4.71. The summed E-state index contributed by atoms with van der Waals surface area (Å²) in [6, 6.07) is 0.303. The number of hydrogen-bond donors (Lipinski definition) is 1. The molecule has 4 aliphatic rings. The number of likely N-dealkylation sites (N-methyl/N-ethyl adjacent to an activating group) is 1. The lowest BCUT2D eigenvalue weighted by Crippen LogP contribution is -2.59. The first kappa shape index (κ1) is 19.7. The second-order valence-corrected chi connectivity index (χ2v) is 10.4. The molecule has 3 fully saturated rings. The van der Waals surface area contributed by atoms with Gasteiger partial charge in [-0.15, -0.1) is 0 Å². The van der Waals surface area contributed by atoms with E-state index in [1.807, 2.05) is 11.9 Å². The summed E-state index contributed by atoms with van der Waals surface area (Å²) in [5, 5.41) is 3.01. The van der Waals surface area contributed by atoms with Crippen LogP contribution in [0.25, 0.3) is 0 Å². The molecule has 1 aromatic rings. The van der Waals surface area contributed by atoms with E-state index in [9.17, 15) is 9.59 Å². The van der Waals surface area contributed by atoms with E-state index >= 15 is 0 Å². The number of anilines is 1. The first-order valence-corrected chi connectivity index (χ1v) is 11.4. The van der Waals surface area contributed by atoms with Crippen molar-refractivity contribution >= 4 is 17.6 Å². The molecule has 6 nitrogen and oxygen atoms in total. The number of nitrogens with zero attached hydrogens (tertiary/aromatic N) is 3. The maximum Gasteiger partial charge on any atom is 0.246 e. The summed E-state index contributed by atoms with van der Waals surface area (Å²) in [5.41, 5.74) is 0.0869. The number of amides is 2. The van der Waals surface area contributed by atoms with Crippen LogP contribution in [-0.2, 0) is 9.59 Å². The molecule has 0 saturated heterocycles. The summed E-state index contributed by atoms with van der Waals surface area (Å²) in [6.07, 6.45) is 15.3. The van der Waals surface area contributed by atoms with E-state index in [1.54, 1.807) is 24.7 Å². The van der Waals surface area contributed by atoms with Crippen molar-refractivity contribution in [3.05, 3.63) is 30.7 Å². The van der Waals surface area contributed by atoms with Gasteiger partial charge < -0.3 is 10.2 Å². The number of fused-ring (bicyclic) bond motifs is 5. The minimum atomic E-state index is 0.0298. The van der Waals surface area contributed by atoms with E-state index in [1.165, 1.54) is 0 Å². The number of aromatic nitrogens is 2. The number of nitrogens with one attached hydrogen (secondary N) is 1. The van der Waals surface area contributed by atoms with Gasteiger partial charge in [-0.1, -0.05) is 19.9 Å². The lowest BCUT2D eigenvalue weighted by molar-refractivity contribution is -0.141. The molecule has 1 N–H and O–H groups in total. The predicted molar refractivity (Wildman–Crippen MR) is 114 cm³/mol. The van der Waals surface area contributed by atoms with Gasteiger partial charge in [0.1, 0.15) is 0 Å². The number of carbonyl (C=O) groups excluding carboxylic acids is 2. The average molecular weight is 409 g/mol. The third kappa shape index (κ3) is 2.75. The molecular weight excluding hydrogens is 376 g/mol. The van der Waals surface area contributed by atoms with Crippen LogP contribution in [0.15, 0.2) is 30.7 Å². The van der Waals surface area contributed by atoms with Crippen LogP contribution in [0, 0.1) is 34.5 Å². The summed E-state index contributed by atoms with van der Waals surface area (Å²) < 4.78 is 0. The summed E-state index contributed by atoms with van der Waals surface area (Å²) in [7, 11) is 1.96. The van der Waals surface area contributed by atoms with Crippen molar-refractivity contribution in [1.82, 2.24) is 14.9 Å². The Bertz CT molecular complexity index is 886. The van der Waals surface area contributed by atoms with Gasteiger partial charge in [0.25, 0.3) is 0 Å². The lowest BCUT2D eigenvalue weighted by Gasteiger charge is -2.60. The molecule has 7 atom stereocenters. The second-order valence-electron chi connectivity index (χ2n) is 10.4. The highest BCUT2D eigenvalue weighted by molar-refractivity contribution is 5.92. The molecule has 0 unspecified atom stereocenters. The smallest absolute Gasteiger partial charge is 0.246 e. The molecule has 2 heterocycles. The zero-order chi connectivity index (χ0) is 21.1. The Morgan fingerprint density at radius 1 is 1.13 bits per heavy atom. The van der Waals surface area contributed by atoms with Crippen molar-refractivity contribution in [1.29, 1.82) is 0 Å². The molecule has 3 aliphatic carbocycles. The first-order valence-electron chi connectivity index (χ1n) is 11.4. The van der Waals surface area contributed by atoms with Crippen LogP contribution in [0.2, 0.25) is 0 Å².